The van der Waals surface area contributed by atoms with Crippen LogP contribution in [0.3, 0.4) is 0 Å². The summed E-state index contributed by atoms with van der Waals surface area (Å²) in [6, 6.07) is -0.0131. The highest BCUT2D eigenvalue weighted by atomic mass is 32.5. The van der Waals surface area contributed by atoms with E-state index in [1.54, 1.807) is 0 Å². The number of hydrogen-bond donors (Lipinski definition) is 0. The molecule has 0 fully saturated rings. The third-order valence-corrected chi connectivity index (χ3v) is 5.38. The van der Waals surface area contributed by atoms with Crippen LogP contribution in [0, 0.1) is 0 Å². The van der Waals surface area contributed by atoms with Gasteiger partial charge in [0.2, 0.25) is 0 Å². The zero-order chi connectivity index (χ0) is 13.9. The molecule has 106 valence electrons. The Bertz CT molecular complexity index is 278. The van der Waals surface area contributed by atoms with Crippen LogP contribution in [0.2, 0.25) is 6.04 Å². The maximum atomic E-state index is 11.9. The SMILES string of the molecule is CO[Si](CCC=CS(F)(F)(F)(F)F)(OC)OC. The molecule has 0 unspecified atom stereocenters. The van der Waals surface area contributed by atoms with Crippen molar-refractivity contribution >= 4 is 19.0 Å². The summed E-state index contributed by atoms with van der Waals surface area (Å²) in [4.78, 5) is 0. The van der Waals surface area contributed by atoms with Crippen LogP contribution >= 0.6 is 10.2 Å². The van der Waals surface area contributed by atoms with E-state index >= 15 is 0 Å². The minimum atomic E-state index is -9.46. The fraction of sp³-hybridized carbons (Fsp3) is 0.714. The molecular weight excluding hydrogens is 287 g/mol. The van der Waals surface area contributed by atoms with Crippen LogP contribution in [-0.2, 0) is 13.3 Å². The first-order chi connectivity index (χ1) is 7.37. The van der Waals surface area contributed by atoms with Crippen molar-refractivity contribution in [3.05, 3.63) is 11.5 Å². The summed E-state index contributed by atoms with van der Waals surface area (Å²) in [6.45, 7) is 0. The van der Waals surface area contributed by atoms with E-state index in [1.807, 2.05) is 0 Å². The van der Waals surface area contributed by atoms with Gasteiger partial charge in [0.05, 0.1) is 5.41 Å². The molecule has 0 spiro atoms. The highest BCUT2D eigenvalue weighted by Gasteiger charge is 2.60. The summed E-state index contributed by atoms with van der Waals surface area (Å²) < 4.78 is 74.3. The molecule has 0 aliphatic carbocycles. The lowest BCUT2D eigenvalue weighted by Crippen LogP contribution is -2.42. The van der Waals surface area contributed by atoms with Crippen molar-refractivity contribution in [2.24, 2.45) is 0 Å². The molecule has 0 radical (unpaired) electrons. The maximum Gasteiger partial charge on any atom is 0.500 e. The second-order valence-electron chi connectivity index (χ2n) is 3.23. The van der Waals surface area contributed by atoms with E-state index in [0.29, 0.717) is 6.08 Å². The molecule has 0 aromatic heterocycles. The molecule has 0 aromatic rings. The second kappa shape index (κ2) is 4.50. The summed E-state index contributed by atoms with van der Waals surface area (Å²) in [5.74, 6) is 0. The number of hydrogen-bond acceptors (Lipinski definition) is 3. The van der Waals surface area contributed by atoms with Crippen LogP contribution in [0.15, 0.2) is 11.5 Å². The zero-order valence-electron chi connectivity index (χ0n) is 9.59. The number of rotatable bonds is 7. The summed E-state index contributed by atoms with van der Waals surface area (Å²) in [6.07, 6.45) is 0.0910. The highest BCUT2D eigenvalue weighted by Crippen LogP contribution is 2.98. The topological polar surface area (TPSA) is 27.7 Å². The highest BCUT2D eigenvalue weighted by molar-refractivity contribution is 8.48. The molecule has 0 amide bonds. The van der Waals surface area contributed by atoms with Gasteiger partial charge in [-0.15, -0.1) is 0 Å². The van der Waals surface area contributed by atoms with E-state index in [9.17, 15) is 19.4 Å². The van der Waals surface area contributed by atoms with Gasteiger partial charge in [-0.1, -0.05) is 25.5 Å². The molecule has 0 rings (SSSR count). The Kier molecular flexibility index (Phi) is 4.46. The molecule has 0 aliphatic rings. The summed E-state index contributed by atoms with van der Waals surface area (Å²) >= 11 is 0. The molecule has 0 heterocycles. The fourth-order valence-corrected chi connectivity index (χ4v) is 3.20. The van der Waals surface area contributed by atoms with Crippen molar-refractivity contribution < 1.29 is 32.7 Å². The Morgan fingerprint density at radius 1 is 0.941 bits per heavy atom. The van der Waals surface area contributed by atoms with Crippen LogP contribution in [-0.4, -0.2) is 30.1 Å². The van der Waals surface area contributed by atoms with Gasteiger partial charge in [0.25, 0.3) is 0 Å². The predicted octanol–water partition coefficient (Wildman–Crippen LogP) is 4.07. The van der Waals surface area contributed by atoms with E-state index < -0.39 is 24.4 Å². The van der Waals surface area contributed by atoms with Crippen LogP contribution < -0.4 is 0 Å². The molecule has 0 aromatic carbocycles. The normalized spacial score (nSPS) is 18.1. The average Bonchev–Trinajstić information content (AvgIpc) is 2.16. The van der Waals surface area contributed by atoms with Gasteiger partial charge >= 0.3 is 19.0 Å². The monoisotopic (exact) mass is 302 g/mol. The first-order valence-electron chi connectivity index (χ1n) is 4.44. The van der Waals surface area contributed by atoms with E-state index in [-0.39, 0.29) is 12.5 Å². The first kappa shape index (κ1) is 16.8. The molecule has 3 nitrogen and oxygen atoms in total. The van der Waals surface area contributed by atoms with Crippen LogP contribution in [0.5, 0.6) is 0 Å². The number of halogens is 5. The quantitative estimate of drug-likeness (QED) is 0.524. The second-order valence-corrected chi connectivity index (χ2v) is 8.65. The fourth-order valence-electron chi connectivity index (χ4n) is 1.07. The Morgan fingerprint density at radius 3 is 1.65 bits per heavy atom. The maximum absolute atomic E-state index is 11.9. The molecule has 10 heteroatoms. The molecule has 0 N–H and O–H groups in total. The third-order valence-electron chi connectivity index (χ3n) is 1.90. The van der Waals surface area contributed by atoms with Gasteiger partial charge in [0.1, 0.15) is 0 Å². The summed E-state index contributed by atoms with van der Waals surface area (Å²) in [5.41, 5.74) is 0. The Balaban J connectivity index is 4.49. The molecule has 0 aliphatic heterocycles. The van der Waals surface area contributed by atoms with Crippen molar-refractivity contribution in [3.8, 4) is 0 Å². The van der Waals surface area contributed by atoms with E-state index in [0.717, 1.165) is 0 Å². The molecule has 0 atom stereocenters. The Hall–Kier alpha value is -0.163. The van der Waals surface area contributed by atoms with Gasteiger partial charge in [-0.25, -0.2) is 0 Å². The molecule has 0 bridgehead atoms. The molecule has 17 heavy (non-hydrogen) atoms. The van der Waals surface area contributed by atoms with Gasteiger partial charge in [-0.2, -0.15) is 0 Å². The van der Waals surface area contributed by atoms with Gasteiger partial charge < -0.3 is 13.3 Å². The molecule has 0 saturated carbocycles. The zero-order valence-corrected chi connectivity index (χ0v) is 11.4. The minimum absolute atomic E-state index is 0.0131. The summed E-state index contributed by atoms with van der Waals surface area (Å²) in [5, 5.41) is -0.972. The number of allylic oxidation sites excluding steroid dienone is 1. The van der Waals surface area contributed by atoms with Crippen molar-refractivity contribution in [2.45, 2.75) is 12.5 Å². The van der Waals surface area contributed by atoms with Crippen LogP contribution in [0.25, 0.3) is 0 Å². The van der Waals surface area contributed by atoms with Crippen LogP contribution in [0.1, 0.15) is 6.42 Å². The van der Waals surface area contributed by atoms with E-state index in [1.165, 1.54) is 21.3 Å². The predicted molar refractivity (Wildman–Crippen MR) is 58.5 cm³/mol. The van der Waals surface area contributed by atoms with Crippen LogP contribution in [0.4, 0.5) is 19.4 Å². The standard InChI is InChI=1S/C7H15F5O3SSi/c1-13-17(14-2,15-3)7-5-4-6-16(8,9,10,11)12/h4,6H,5,7H2,1-3H3. The lowest BCUT2D eigenvalue weighted by atomic mass is 10.5. The van der Waals surface area contributed by atoms with Crippen molar-refractivity contribution in [2.75, 3.05) is 21.3 Å². The summed E-state index contributed by atoms with van der Waals surface area (Å²) in [7, 11) is -8.62. The smallest absolute Gasteiger partial charge is 0.377 e. The first-order valence-corrected chi connectivity index (χ1v) is 8.39. The van der Waals surface area contributed by atoms with Crippen molar-refractivity contribution in [1.29, 1.82) is 0 Å². The average molecular weight is 302 g/mol. The Labute approximate surface area is 97.6 Å². The molecule has 0 saturated heterocycles. The Morgan fingerprint density at radius 2 is 1.35 bits per heavy atom. The molecular formula is C7H15F5O3SSi. The van der Waals surface area contributed by atoms with Crippen molar-refractivity contribution in [1.82, 2.24) is 0 Å². The van der Waals surface area contributed by atoms with Gasteiger partial charge in [-0.05, 0) is 6.42 Å². The van der Waals surface area contributed by atoms with Gasteiger partial charge in [0, 0.05) is 27.4 Å². The van der Waals surface area contributed by atoms with Gasteiger partial charge in [-0.3, -0.25) is 0 Å². The van der Waals surface area contributed by atoms with Gasteiger partial charge in [0.15, 0.2) is 0 Å². The van der Waals surface area contributed by atoms with E-state index in [2.05, 4.69) is 0 Å². The largest absolute Gasteiger partial charge is 0.500 e. The third kappa shape index (κ3) is 7.71. The van der Waals surface area contributed by atoms with Crippen molar-refractivity contribution in [3.63, 3.8) is 0 Å². The lowest BCUT2D eigenvalue weighted by Gasteiger charge is -2.36. The minimum Gasteiger partial charge on any atom is -0.377 e. The van der Waals surface area contributed by atoms with E-state index in [4.69, 9.17) is 13.3 Å². The lowest BCUT2D eigenvalue weighted by molar-refractivity contribution is 0.124.